The molecule has 1 amide bonds. The molecule has 3 nitrogen and oxygen atoms in total. The molecule has 1 aliphatic rings. The fraction of sp³-hybridized carbons (Fsp3) is 0.533. The van der Waals surface area contributed by atoms with Crippen molar-refractivity contribution in [1.82, 2.24) is 10.0 Å². The van der Waals surface area contributed by atoms with Crippen molar-refractivity contribution in [2.24, 2.45) is 5.41 Å². The molecule has 1 aromatic rings. The Kier molecular flexibility index (Phi) is 4.88. The summed E-state index contributed by atoms with van der Waals surface area (Å²) in [6.07, 6.45) is 1.84. The highest BCUT2D eigenvalue weighted by molar-refractivity contribution is 7.97. The molecule has 4 heteroatoms. The third kappa shape index (κ3) is 3.98. The molecule has 0 aliphatic carbocycles. The van der Waals surface area contributed by atoms with Crippen molar-refractivity contribution in [3.63, 3.8) is 0 Å². The van der Waals surface area contributed by atoms with Crippen LogP contribution in [-0.2, 0) is 10.5 Å². The Labute approximate surface area is 119 Å². The van der Waals surface area contributed by atoms with E-state index in [9.17, 15) is 4.79 Å². The summed E-state index contributed by atoms with van der Waals surface area (Å²) in [4.78, 5) is 12.2. The summed E-state index contributed by atoms with van der Waals surface area (Å²) in [6, 6.07) is 8.43. The first-order valence-corrected chi connectivity index (χ1v) is 7.77. The van der Waals surface area contributed by atoms with Crippen LogP contribution < -0.4 is 10.0 Å². The second-order valence-corrected chi connectivity index (χ2v) is 6.30. The van der Waals surface area contributed by atoms with Gasteiger partial charge in [0.15, 0.2) is 0 Å². The highest BCUT2D eigenvalue weighted by Gasteiger charge is 2.34. The second kappa shape index (κ2) is 6.44. The number of nitrogens with one attached hydrogen (secondary N) is 2. The minimum absolute atomic E-state index is 0.172. The quantitative estimate of drug-likeness (QED) is 0.832. The number of rotatable bonds is 4. The molecule has 1 aromatic carbocycles. The molecule has 0 atom stereocenters. The number of hydrogen-bond acceptors (Lipinski definition) is 3. The topological polar surface area (TPSA) is 41.1 Å². The van der Waals surface area contributed by atoms with E-state index in [1.165, 1.54) is 23.1 Å². The van der Waals surface area contributed by atoms with Crippen molar-refractivity contribution in [2.75, 3.05) is 13.1 Å². The molecule has 0 unspecified atom stereocenters. The zero-order chi connectivity index (χ0) is 13.7. The van der Waals surface area contributed by atoms with E-state index in [0.29, 0.717) is 0 Å². The summed E-state index contributed by atoms with van der Waals surface area (Å²) >= 11 is 1.49. The fourth-order valence-electron chi connectivity index (χ4n) is 2.20. The molecule has 0 radical (unpaired) electrons. The lowest BCUT2D eigenvalue weighted by molar-refractivity contribution is -0.129. The van der Waals surface area contributed by atoms with E-state index in [0.717, 1.165) is 31.7 Å². The van der Waals surface area contributed by atoms with Gasteiger partial charge < -0.3 is 5.32 Å². The Morgan fingerprint density at radius 1 is 1.32 bits per heavy atom. The molecule has 2 rings (SSSR count). The number of carbonyl (C=O) groups is 1. The molecule has 0 saturated carbocycles. The molecule has 1 saturated heterocycles. The predicted octanol–water partition coefficient (Wildman–Crippen LogP) is 2.65. The van der Waals surface area contributed by atoms with E-state index >= 15 is 0 Å². The number of carbonyl (C=O) groups excluding carboxylic acids is 1. The molecule has 1 heterocycles. The summed E-state index contributed by atoms with van der Waals surface area (Å²) in [5.74, 6) is 0.992. The van der Waals surface area contributed by atoms with Gasteiger partial charge in [-0.05, 0) is 50.4 Å². The van der Waals surface area contributed by atoms with Crippen molar-refractivity contribution in [3.05, 3.63) is 35.4 Å². The van der Waals surface area contributed by atoms with Crippen molar-refractivity contribution in [2.45, 2.75) is 32.4 Å². The molecule has 1 aliphatic heterocycles. The van der Waals surface area contributed by atoms with E-state index in [2.05, 4.69) is 48.2 Å². The lowest BCUT2D eigenvalue weighted by Crippen LogP contribution is -2.44. The highest BCUT2D eigenvalue weighted by atomic mass is 32.2. The fourth-order valence-corrected chi connectivity index (χ4v) is 3.01. The van der Waals surface area contributed by atoms with Gasteiger partial charge in [0.25, 0.3) is 0 Å². The van der Waals surface area contributed by atoms with Crippen LogP contribution in [0, 0.1) is 12.3 Å². The lowest BCUT2D eigenvalue weighted by Gasteiger charge is -2.32. The maximum absolute atomic E-state index is 12.2. The lowest BCUT2D eigenvalue weighted by atomic mass is 9.80. The smallest absolute Gasteiger partial charge is 0.235 e. The van der Waals surface area contributed by atoms with Crippen LogP contribution in [0.3, 0.4) is 0 Å². The van der Waals surface area contributed by atoms with E-state index in [4.69, 9.17) is 0 Å². The normalized spacial score (nSPS) is 18.0. The van der Waals surface area contributed by atoms with E-state index in [-0.39, 0.29) is 11.3 Å². The van der Waals surface area contributed by atoms with Gasteiger partial charge in [0.1, 0.15) is 0 Å². The van der Waals surface area contributed by atoms with E-state index in [1.807, 2.05) is 0 Å². The summed E-state index contributed by atoms with van der Waals surface area (Å²) in [5, 5.41) is 3.30. The number of amides is 1. The van der Waals surface area contributed by atoms with Gasteiger partial charge in [0.2, 0.25) is 5.91 Å². The maximum atomic E-state index is 12.2. The molecule has 0 bridgehead atoms. The van der Waals surface area contributed by atoms with Gasteiger partial charge in [-0.25, -0.2) is 0 Å². The second-order valence-electron chi connectivity index (χ2n) is 5.52. The average molecular weight is 278 g/mol. The molecule has 2 N–H and O–H groups in total. The van der Waals surface area contributed by atoms with Crippen LogP contribution in [-0.4, -0.2) is 19.0 Å². The third-order valence-corrected chi connectivity index (χ3v) is 4.59. The van der Waals surface area contributed by atoms with Crippen LogP contribution in [0.25, 0.3) is 0 Å². The minimum Gasteiger partial charge on any atom is -0.317 e. The van der Waals surface area contributed by atoms with Gasteiger partial charge in [0, 0.05) is 11.2 Å². The van der Waals surface area contributed by atoms with Crippen LogP contribution in [0.5, 0.6) is 0 Å². The monoisotopic (exact) mass is 278 g/mol. The highest BCUT2D eigenvalue weighted by Crippen LogP contribution is 2.28. The van der Waals surface area contributed by atoms with Crippen LogP contribution in [0.15, 0.2) is 24.3 Å². The maximum Gasteiger partial charge on any atom is 0.235 e. The number of hydrogen-bond donors (Lipinski definition) is 2. The predicted molar refractivity (Wildman–Crippen MR) is 80.8 cm³/mol. The van der Waals surface area contributed by atoms with Crippen LogP contribution in [0.1, 0.15) is 30.9 Å². The van der Waals surface area contributed by atoms with Gasteiger partial charge in [-0.3, -0.25) is 9.52 Å². The van der Waals surface area contributed by atoms with Gasteiger partial charge in [-0.15, -0.1) is 0 Å². The van der Waals surface area contributed by atoms with E-state index in [1.54, 1.807) is 0 Å². The third-order valence-electron chi connectivity index (χ3n) is 3.78. The van der Waals surface area contributed by atoms with Crippen molar-refractivity contribution < 1.29 is 4.79 Å². The Morgan fingerprint density at radius 2 is 1.95 bits per heavy atom. The molecule has 19 heavy (non-hydrogen) atoms. The first-order chi connectivity index (χ1) is 9.10. The van der Waals surface area contributed by atoms with Gasteiger partial charge in [-0.1, -0.05) is 36.8 Å². The Hall–Kier alpha value is -1.00. The van der Waals surface area contributed by atoms with Crippen molar-refractivity contribution in [3.8, 4) is 0 Å². The number of piperidine rings is 1. The minimum atomic E-state index is -0.203. The molecule has 0 aromatic heterocycles. The molecule has 104 valence electrons. The molecule has 0 spiro atoms. The number of aryl methyl sites for hydroxylation is 1. The summed E-state index contributed by atoms with van der Waals surface area (Å²) < 4.78 is 3.01. The zero-order valence-corrected chi connectivity index (χ0v) is 12.5. The summed E-state index contributed by atoms with van der Waals surface area (Å²) in [6.45, 7) is 6.02. The summed E-state index contributed by atoms with van der Waals surface area (Å²) in [5.41, 5.74) is 2.30. The van der Waals surface area contributed by atoms with Gasteiger partial charge in [0.05, 0.1) is 0 Å². The summed E-state index contributed by atoms with van der Waals surface area (Å²) in [7, 11) is 0. The average Bonchev–Trinajstić information content (AvgIpc) is 2.42. The SMILES string of the molecule is Cc1ccc(CSNC(=O)C2(C)CCNCC2)cc1. The van der Waals surface area contributed by atoms with Crippen LogP contribution in [0.2, 0.25) is 0 Å². The van der Waals surface area contributed by atoms with Crippen LogP contribution >= 0.6 is 11.9 Å². The molecular weight excluding hydrogens is 256 g/mol. The first-order valence-electron chi connectivity index (χ1n) is 6.79. The van der Waals surface area contributed by atoms with Crippen molar-refractivity contribution >= 4 is 17.9 Å². The first kappa shape index (κ1) is 14.4. The molecular formula is C15H22N2OS. The Balaban J connectivity index is 1.78. The van der Waals surface area contributed by atoms with Crippen molar-refractivity contribution in [1.29, 1.82) is 0 Å². The van der Waals surface area contributed by atoms with E-state index < -0.39 is 0 Å². The Bertz CT molecular complexity index is 424. The standard InChI is InChI=1S/C15H22N2OS/c1-12-3-5-13(6-4-12)11-19-17-14(18)15(2)7-9-16-10-8-15/h3-6,16H,7-11H2,1-2H3,(H,17,18). The van der Waals surface area contributed by atoms with Gasteiger partial charge in [-0.2, -0.15) is 0 Å². The number of benzene rings is 1. The Morgan fingerprint density at radius 3 is 2.58 bits per heavy atom. The molecule has 1 fully saturated rings. The zero-order valence-electron chi connectivity index (χ0n) is 11.7. The largest absolute Gasteiger partial charge is 0.317 e. The van der Waals surface area contributed by atoms with Crippen LogP contribution in [0.4, 0.5) is 0 Å². The van der Waals surface area contributed by atoms with Gasteiger partial charge >= 0.3 is 0 Å².